The fourth-order valence-corrected chi connectivity index (χ4v) is 8.41. The molecule has 0 amide bonds. The van der Waals surface area contributed by atoms with Crippen LogP contribution >= 0.6 is 0 Å². The van der Waals surface area contributed by atoms with E-state index in [0.717, 1.165) is 73.4 Å². The molecule has 0 fully saturated rings. The summed E-state index contributed by atoms with van der Waals surface area (Å²) >= 11 is 0. The number of anilines is 9. The number of aryl methyl sites for hydroxylation is 1. The highest BCUT2D eigenvalue weighted by Crippen LogP contribution is 2.40. The van der Waals surface area contributed by atoms with Gasteiger partial charge in [0.05, 0.1) is 0 Å². The number of para-hydroxylation sites is 4. The van der Waals surface area contributed by atoms with E-state index in [1.54, 1.807) is 0 Å². The van der Waals surface area contributed by atoms with Crippen LogP contribution in [0.25, 0.3) is 33.4 Å². The number of hydrogen-bond donors (Lipinski definition) is 0. The first-order valence-electron chi connectivity index (χ1n) is 21.8. The smallest absolute Gasteiger partial charge is 0.0462 e. The summed E-state index contributed by atoms with van der Waals surface area (Å²) < 4.78 is 0. The lowest BCUT2D eigenvalue weighted by Gasteiger charge is -2.27. The van der Waals surface area contributed by atoms with Crippen LogP contribution in [0.1, 0.15) is 5.56 Å². The number of benzene rings is 10. The second-order valence-electron chi connectivity index (χ2n) is 15.9. The molecule has 0 saturated carbocycles. The summed E-state index contributed by atoms with van der Waals surface area (Å²) in [6, 6.07) is 95.3. The normalized spacial score (nSPS) is 10.9. The number of hydrogen-bond acceptors (Lipinski definition) is 3. The van der Waals surface area contributed by atoms with Crippen LogP contribution in [0.4, 0.5) is 51.2 Å². The molecule has 0 N–H and O–H groups in total. The summed E-state index contributed by atoms with van der Waals surface area (Å²) in [5.41, 5.74) is 18.3. The lowest BCUT2D eigenvalue weighted by atomic mass is 10.0. The van der Waals surface area contributed by atoms with Gasteiger partial charge in [-0.15, -0.1) is 0 Å². The summed E-state index contributed by atoms with van der Waals surface area (Å²) in [7, 11) is 0. The monoisotopic (exact) mass is 821 g/mol. The fraction of sp³-hybridized carbons (Fsp3) is 0.0164. The molecular formula is C61H47N3. The highest BCUT2D eigenvalue weighted by Gasteiger charge is 2.16. The van der Waals surface area contributed by atoms with Crippen molar-refractivity contribution in [2.45, 2.75) is 6.92 Å². The van der Waals surface area contributed by atoms with Gasteiger partial charge < -0.3 is 14.7 Å². The zero-order valence-electron chi connectivity index (χ0n) is 35.7. The molecule has 3 heteroatoms. The third-order valence-electron chi connectivity index (χ3n) is 11.7. The van der Waals surface area contributed by atoms with E-state index in [4.69, 9.17) is 0 Å². The van der Waals surface area contributed by atoms with E-state index < -0.39 is 0 Å². The molecular weight excluding hydrogens is 775 g/mol. The number of rotatable bonds is 12. The van der Waals surface area contributed by atoms with Crippen molar-refractivity contribution in [1.29, 1.82) is 0 Å². The highest BCUT2D eigenvalue weighted by atomic mass is 15.2. The molecule has 0 aliphatic heterocycles. The second-order valence-corrected chi connectivity index (χ2v) is 15.9. The third-order valence-corrected chi connectivity index (χ3v) is 11.7. The maximum Gasteiger partial charge on any atom is 0.0462 e. The lowest BCUT2D eigenvalue weighted by Crippen LogP contribution is -2.10. The Hall–Kier alpha value is -8.40. The van der Waals surface area contributed by atoms with Crippen LogP contribution in [0.15, 0.2) is 267 Å². The SMILES string of the molecule is Cc1ccc(-c2ccc(N(c3ccc(-c4ccc(N(c5ccccc5)c5ccccc5)cc4)cc3)c3ccc(-c4ccc(N(c5ccccc5)c5ccccc5)cc4)cc3)cc2)cc1. The van der Waals surface area contributed by atoms with Gasteiger partial charge >= 0.3 is 0 Å². The highest BCUT2D eigenvalue weighted by molar-refractivity contribution is 5.83. The summed E-state index contributed by atoms with van der Waals surface area (Å²) in [5, 5.41) is 0. The quantitative estimate of drug-likeness (QED) is 0.122. The fourth-order valence-electron chi connectivity index (χ4n) is 8.41. The van der Waals surface area contributed by atoms with Gasteiger partial charge in [-0.05, 0) is 149 Å². The molecule has 0 aliphatic carbocycles. The van der Waals surface area contributed by atoms with E-state index in [1.165, 1.54) is 16.7 Å². The van der Waals surface area contributed by atoms with E-state index in [9.17, 15) is 0 Å². The molecule has 10 rings (SSSR count). The van der Waals surface area contributed by atoms with Gasteiger partial charge in [-0.3, -0.25) is 0 Å². The topological polar surface area (TPSA) is 9.72 Å². The summed E-state index contributed by atoms with van der Waals surface area (Å²) in [6.07, 6.45) is 0. The van der Waals surface area contributed by atoms with Gasteiger partial charge in [-0.2, -0.15) is 0 Å². The molecule has 0 atom stereocenters. The van der Waals surface area contributed by atoms with Crippen LogP contribution in [0, 0.1) is 6.92 Å². The second kappa shape index (κ2) is 18.3. The minimum atomic E-state index is 1.09. The van der Waals surface area contributed by atoms with Crippen LogP contribution in [-0.2, 0) is 0 Å². The third kappa shape index (κ3) is 8.56. The molecule has 0 saturated heterocycles. The minimum Gasteiger partial charge on any atom is -0.311 e. The van der Waals surface area contributed by atoms with Gasteiger partial charge in [0.2, 0.25) is 0 Å². The molecule has 306 valence electrons. The van der Waals surface area contributed by atoms with Gasteiger partial charge in [-0.1, -0.05) is 163 Å². The molecule has 3 nitrogen and oxygen atoms in total. The van der Waals surface area contributed by atoms with E-state index in [2.05, 4.69) is 289 Å². The predicted molar refractivity (Wildman–Crippen MR) is 272 cm³/mol. The molecule has 0 bridgehead atoms. The van der Waals surface area contributed by atoms with Crippen molar-refractivity contribution < 1.29 is 0 Å². The first-order valence-corrected chi connectivity index (χ1v) is 21.8. The zero-order valence-corrected chi connectivity index (χ0v) is 35.7. The van der Waals surface area contributed by atoms with Crippen LogP contribution in [0.3, 0.4) is 0 Å². The van der Waals surface area contributed by atoms with Gasteiger partial charge in [0, 0.05) is 51.2 Å². The van der Waals surface area contributed by atoms with Gasteiger partial charge in [0.15, 0.2) is 0 Å². The van der Waals surface area contributed by atoms with Crippen molar-refractivity contribution in [1.82, 2.24) is 0 Å². The van der Waals surface area contributed by atoms with Crippen LogP contribution in [-0.4, -0.2) is 0 Å². The molecule has 0 heterocycles. The van der Waals surface area contributed by atoms with Gasteiger partial charge in [0.1, 0.15) is 0 Å². The molecule has 10 aromatic carbocycles. The maximum atomic E-state index is 2.34. The van der Waals surface area contributed by atoms with Crippen molar-refractivity contribution >= 4 is 51.2 Å². The van der Waals surface area contributed by atoms with Gasteiger partial charge in [-0.25, -0.2) is 0 Å². The molecule has 0 aromatic heterocycles. The molecule has 10 aromatic rings. The van der Waals surface area contributed by atoms with E-state index >= 15 is 0 Å². The molecule has 0 unspecified atom stereocenters. The average molecular weight is 822 g/mol. The van der Waals surface area contributed by atoms with E-state index in [-0.39, 0.29) is 0 Å². The van der Waals surface area contributed by atoms with Crippen LogP contribution < -0.4 is 14.7 Å². The Kier molecular flexibility index (Phi) is 11.4. The Morgan fingerprint density at radius 2 is 0.328 bits per heavy atom. The molecule has 0 spiro atoms. The molecule has 0 aliphatic rings. The molecule has 0 radical (unpaired) electrons. The van der Waals surface area contributed by atoms with E-state index in [1.807, 2.05) is 0 Å². The van der Waals surface area contributed by atoms with Crippen molar-refractivity contribution in [3.63, 3.8) is 0 Å². The van der Waals surface area contributed by atoms with Crippen molar-refractivity contribution in [2.75, 3.05) is 14.7 Å². The Balaban J connectivity index is 0.948. The predicted octanol–water partition coefficient (Wildman–Crippen LogP) is 17.4. The molecule has 64 heavy (non-hydrogen) atoms. The minimum absolute atomic E-state index is 1.09. The van der Waals surface area contributed by atoms with Crippen molar-refractivity contribution in [3.05, 3.63) is 272 Å². The first-order chi connectivity index (χ1) is 31.6. The summed E-state index contributed by atoms with van der Waals surface area (Å²) in [4.78, 5) is 6.93. The first kappa shape index (κ1) is 39.7. The summed E-state index contributed by atoms with van der Waals surface area (Å²) in [5.74, 6) is 0. The van der Waals surface area contributed by atoms with Crippen molar-refractivity contribution in [2.24, 2.45) is 0 Å². The Morgan fingerprint density at radius 1 is 0.172 bits per heavy atom. The standard InChI is InChI=1S/C61H47N3/c1-46-22-24-47(25-23-46)48-26-40-59(41-27-48)64(60-42-32-51(33-43-60)49-28-36-57(37-29-49)62(53-14-6-2-7-15-53)54-16-8-3-9-17-54)61-44-34-52(35-45-61)50-30-38-58(39-31-50)63(55-18-10-4-11-19-55)56-20-12-5-13-21-56/h2-45H,1H3. The van der Waals surface area contributed by atoms with Gasteiger partial charge in [0.25, 0.3) is 0 Å². The zero-order chi connectivity index (χ0) is 43.1. The van der Waals surface area contributed by atoms with Crippen molar-refractivity contribution in [3.8, 4) is 33.4 Å². The Bertz CT molecular complexity index is 2780. The summed E-state index contributed by atoms with van der Waals surface area (Å²) in [6.45, 7) is 2.13. The largest absolute Gasteiger partial charge is 0.311 e. The maximum absolute atomic E-state index is 2.34. The van der Waals surface area contributed by atoms with E-state index in [0.29, 0.717) is 0 Å². The Labute approximate surface area is 377 Å². The number of nitrogens with zero attached hydrogens (tertiary/aromatic N) is 3. The van der Waals surface area contributed by atoms with Crippen LogP contribution in [0.2, 0.25) is 0 Å². The van der Waals surface area contributed by atoms with Crippen LogP contribution in [0.5, 0.6) is 0 Å². The average Bonchev–Trinajstić information content (AvgIpc) is 3.37. The lowest BCUT2D eigenvalue weighted by molar-refractivity contribution is 1.28. The Morgan fingerprint density at radius 3 is 0.516 bits per heavy atom.